The molecule has 3 N–H and O–H groups in total. The molecule has 4 aromatic rings. The molecule has 0 aliphatic heterocycles. The molecule has 0 atom stereocenters. The molecule has 0 spiro atoms. The summed E-state index contributed by atoms with van der Waals surface area (Å²) in [7, 11) is 0. The van der Waals surface area contributed by atoms with Crippen LogP contribution in [0.3, 0.4) is 0 Å². The SMILES string of the molecule is O=C(NNC(=O)c1cccc(F)c1)c1ccc(CSc2nc3ccccc3[nH]2)cc1. The fourth-order valence-electron chi connectivity index (χ4n) is 2.79. The highest BCUT2D eigenvalue weighted by molar-refractivity contribution is 7.98. The normalized spacial score (nSPS) is 10.7. The summed E-state index contributed by atoms with van der Waals surface area (Å²) in [5, 5.41) is 0.832. The number of amides is 2. The van der Waals surface area contributed by atoms with Crippen molar-refractivity contribution in [1.29, 1.82) is 0 Å². The molecular weight excluding hydrogens is 403 g/mol. The maximum atomic E-state index is 13.2. The largest absolute Gasteiger partial charge is 0.333 e. The second kappa shape index (κ2) is 8.79. The Morgan fingerprint density at radius 3 is 2.37 bits per heavy atom. The van der Waals surface area contributed by atoms with Crippen LogP contribution in [-0.4, -0.2) is 21.8 Å². The van der Waals surface area contributed by atoms with Gasteiger partial charge in [0.05, 0.1) is 11.0 Å². The van der Waals surface area contributed by atoms with Crippen molar-refractivity contribution < 1.29 is 14.0 Å². The number of nitrogens with one attached hydrogen (secondary N) is 3. The third kappa shape index (κ3) is 4.66. The van der Waals surface area contributed by atoms with Crippen molar-refractivity contribution in [2.75, 3.05) is 0 Å². The summed E-state index contributed by atoms with van der Waals surface area (Å²) in [5.41, 5.74) is 8.06. The monoisotopic (exact) mass is 420 g/mol. The van der Waals surface area contributed by atoms with Crippen molar-refractivity contribution in [1.82, 2.24) is 20.8 Å². The number of aromatic amines is 1. The van der Waals surface area contributed by atoms with E-state index in [0.29, 0.717) is 11.3 Å². The summed E-state index contributed by atoms with van der Waals surface area (Å²) < 4.78 is 13.2. The van der Waals surface area contributed by atoms with Crippen LogP contribution in [0.25, 0.3) is 11.0 Å². The number of halogens is 1. The minimum Gasteiger partial charge on any atom is -0.333 e. The number of fused-ring (bicyclic) bond motifs is 1. The van der Waals surface area contributed by atoms with E-state index >= 15 is 0 Å². The number of hydrazine groups is 1. The first-order chi connectivity index (χ1) is 14.6. The van der Waals surface area contributed by atoms with Gasteiger partial charge < -0.3 is 4.98 Å². The number of imidazole rings is 1. The van der Waals surface area contributed by atoms with Crippen LogP contribution < -0.4 is 10.9 Å². The highest BCUT2D eigenvalue weighted by Gasteiger charge is 2.10. The van der Waals surface area contributed by atoms with Crippen LogP contribution >= 0.6 is 11.8 Å². The first-order valence-electron chi connectivity index (χ1n) is 9.11. The topological polar surface area (TPSA) is 86.9 Å². The molecule has 6 nitrogen and oxygen atoms in total. The number of para-hydroxylation sites is 2. The lowest BCUT2D eigenvalue weighted by molar-refractivity contribution is 0.0846. The Balaban J connectivity index is 1.31. The molecule has 1 aromatic heterocycles. The van der Waals surface area contributed by atoms with Gasteiger partial charge in [-0.2, -0.15) is 0 Å². The predicted octanol–water partition coefficient (Wildman–Crippen LogP) is 4.07. The van der Waals surface area contributed by atoms with Crippen LogP contribution in [0.2, 0.25) is 0 Å². The predicted molar refractivity (Wildman–Crippen MR) is 113 cm³/mol. The Morgan fingerprint density at radius 1 is 0.900 bits per heavy atom. The maximum Gasteiger partial charge on any atom is 0.269 e. The number of carbonyl (C=O) groups excluding carboxylic acids is 2. The Morgan fingerprint density at radius 2 is 1.63 bits per heavy atom. The van der Waals surface area contributed by atoms with Crippen LogP contribution in [0, 0.1) is 5.82 Å². The molecule has 0 aliphatic rings. The summed E-state index contributed by atoms with van der Waals surface area (Å²) in [5.74, 6) is -0.888. The molecule has 0 unspecified atom stereocenters. The molecule has 3 aromatic carbocycles. The summed E-state index contributed by atoms with van der Waals surface area (Å²) >= 11 is 1.57. The summed E-state index contributed by atoms with van der Waals surface area (Å²) in [6.07, 6.45) is 0. The second-order valence-corrected chi connectivity index (χ2v) is 7.43. The summed E-state index contributed by atoms with van der Waals surface area (Å²) in [6.45, 7) is 0. The van der Waals surface area contributed by atoms with E-state index in [9.17, 15) is 14.0 Å². The zero-order valence-electron chi connectivity index (χ0n) is 15.7. The Labute approximate surface area is 175 Å². The lowest BCUT2D eigenvalue weighted by atomic mass is 10.1. The average molecular weight is 420 g/mol. The number of H-pyrrole nitrogens is 1. The van der Waals surface area contributed by atoms with Gasteiger partial charge in [0.15, 0.2) is 5.16 Å². The number of aromatic nitrogens is 2. The van der Waals surface area contributed by atoms with Crippen LogP contribution in [0.15, 0.2) is 78.0 Å². The van der Waals surface area contributed by atoms with E-state index in [1.807, 2.05) is 36.4 Å². The number of hydrogen-bond acceptors (Lipinski definition) is 4. The van der Waals surface area contributed by atoms with Gasteiger partial charge in [-0.1, -0.05) is 42.1 Å². The van der Waals surface area contributed by atoms with E-state index < -0.39 is 17.6 Å². The van der Waals surface area contributed by atoms with Crippen LogP contribution in [-0.2, 0) is 5.75 Å². The molecule has 0 saturated heterocycles. The smallest absolute Gasteiger partial charge is 0.269 e. The number of carbonyl (C=O) groups is 2. The molecule has 0 aliphatic carbocycles. The van der Waals surface area contributed by atoms with Crippen LogP contribution in [0.1, 0.15) is 26.3 Å². The van der Waals surface area contributed by atoms with Gasteiger partial charge in [0.1, 0.15) is 5.82 Å². The van der Waals surface area contributed by atoms with Gasteiger partial charge in [0.2, 0.25) is 0 Å². The number of nitrogens with zero attached hydrogens (tertiary/aromatic N) is 1. The molecule has 4 rings (SSSR count). The van der Waals surface area contributed by atoms with Crippen molar-refractivity contribution in [3.8, 4) is 0 Å². The Kier molecular flexibility index (Phi) is 5.76. The maximum absolute atomic E-state index is 13.2. The van der Waals surface area contributed by atoms with Crippen molar-refractivity contribution in [2.24, 2.45) is 0 Å². The fourth-order valence-corrected chi connectivity index (χ4v) is 3.63. The van der Waals surface area contributed by atoms with Gasteiger partial charge in [-0.15, -0.1) is 0 Å². The second-order valence-electron chi connectivity index (χ2n) is 6.46. The Bertz CT molecular complexity index is 1170. The third-order valence-corrected chi connectivity index (χ3v) is 5.28. The number of thioether (sulfide) groups is 1. The first kappa shape index (κ1) is 19.7. The van der Waals surface area contributed by atoms with E-state index in [1.54, 1.807) is 23.9 Å². The molecule has 1 heterocycles. The van der Waals surface area contributed by atoms with Gasteiger partial charge in [-0.3, -0.25) is 20.4 Å². The molecule has 0 fully saturated rings. The number of rotatable bonds is 5. The summed E-state index contributed by atoms with van der Waals surface area (Å²) in [6, 6.07) is 20.1. The number of benzene rings is 3. The van der Waals surface area contributed by atoms with E-state index in [-0.39, 0.29) is 5.56 Å². The Hall–Kier alpha value is -3.65. The molecule has 0 bridgehead atoms. The molecule has 8 heteroatoms. The fraction of sp³-hybridized carbons (Fsp3) is 0.0455. The minimum atomic E-state index is -0.596. The molecule has 0 saturated carbocycles. The van der Waals surface area contributed by atoms with E-state index in [2.05, 4.69) is 20.8 Å². The zero-order valence-corrected chi connectivity index (χ0v) is 16.5. The van der Waals surface area contributed by atoms with E-state index in [4.69, 9.17) is 0 Å². The van der Waals surface area contributed by atoms with Crippen molar-refractivity contribution in [3.63, 3.8) is 0 Å². The van der Waals surface area contributed by atoms with E-state index in [0.717, 1.165) is 27.8 Å². The number of hydrogen-bond donors (Lipinski definition) is 3. The van der Waals surface area contributed by atoms with Crippen LogP contribution in [0.4, 0.5) is 4.39 Å². The van der Waals surface area contributed by atoms with Gasteiger partial charge in [-0.25, -0.2) is 9.37 Å². The molecule has 2 amide bonds. The lowest BCUT2D eigenvalue weighted by Crippen LogP contribution is -2.41. The van der Waals surface area contributed by atoms with Crippen molar-refractivity contribution in [2.45, 2.75) is 10.9 Å². The van der Waals surface area contributed by atoms with Crippen molar-refractivity contribution in [3.05, 3.63) is 95.3 Å². The quantitative estimate of drug-likeness (QED) is 0.336. The molecule has 30 heavy (non-hydrogen) atoms. The van der Waals surface area contributed by atoms with E-state index in [1.165, 1.54) is 18.2 Å². The first-order valence-corrected chi connectivity index (χ1v) is 10.1. The zero-order chi connectivity index (χ0) is 20.9. The summed E-state index contributed by atoms with van der Waals surface area (Å²) in [4.78, 5) is 32.0. The van der Waals surface area contributed by atoms with Gasteiger partial charge in [0.25, 0.3) is 11.8 Å². The van der Waals surface area contributed by atoms with Gasteiger partial charge >= 0.3 is 0 Å². The molecule has 150 valence electrons. The highest BCUT2D eigenvalue weighted by Crippen LogP contribution is 2.23. The average Bonchev–Trinajstić information content (AvgIpc) is 3.19. The minimum absolute atomic E-state index is 0.119. The van der Waals surface area contributed by atoms with Crippen molar-refractivity contribution >= 4 is 34.6 Å². The van der Waals surface area contributed by atoms with Crippen LogP contribution in [0.5, 0.6) is 0 Å². The lowest BCUT2D eigenvalue weighted by Gasteiger charge is -2.08. The molecular formula is C22H17FN4O2S. The van der Waals surface area contributed by atoms with Gasteiger partial charge in [0, 0.05) is 16.9 Å². The standard InChI is InChI=1S/C22H17FN4O2S/c23-17-5-3-4-16(12-17)21(29)27-26-20(28)15-10-8-14(9-11-15)13-30-22-24-18-6-1-2-7-19(18)25-22/h1-12H,13H2,(H,24,25)(H,26,28)(H,27,29). The molecule has 0 radical (unpaired) electrons. The highest BCUT2D eigenvalue weighted by atomic mass is 32.2. The third-order valence-electron chi connectivity index (χ3n) is 4.34. The van der Waals surface area contributed by atoms with Gasteiger partial charge in [-0.05, 0) is 48.0 Å².